The highest BCUT2D eigenvalue weighted by Crippen LogP contribution is 3.52. The highest BCUT2D eigenvalue weighted by molar-refractivity contribution is 9.48. The molecule has 1 N–H and O–H groups in total. The first-order valence-electron chi connectivity index (χ1n) is 31.0. The van der Waals surface area contributed by atoms with Crippen LogP contribution in [0.15, 0.2) is 12.7 Å². The standard InChI is InChI=1S/C11H18O4.C6H12O2.CH105P101/c1-5-9(12)14-7-8-15-10(13)11(3,4)6-2;1-4-6(2,3)5(7)8;2-54-84(53)87(63(11)12)56(88(93(64(13)14)65(15)16)94(66(17)18)67(19)20)1(55(85(59(3)4)60(5)6)86(61(7)8)62(9)10,57(89(95(68(21)22)69(23)24)96(70(25)26)71(27)28)90(97(72(29)30)73(31)32)98(74(33)34)75(35)36)58(91(99(76(37)38)77(39)40)100(78(41)42)79(43)44)92(101(80(45)46)81(47)48)102(82(49)50)83(51)52/h5H,1,6-8H2,2-4H3;4H2,1-3H3,(H,7,8);54H,2-53H2. The summed E-state index contributed by atoms with van der Waals surface area (Å²) in [4.78, 5) is 32.3. The third kappa shape index (κ3) is 60.5. The number of aliphatic carboxylic acids is 1. The van der Waals surface area contributed by atoms with Gasteiger partial charge >= 0.3 is 17.9 Å². The molecule has 0 aliphatic heterocycles. The van der Waals surface area contributed by atoms with Crippen molar-refractivity contribution in [1.29, 1.82) is 0 Å². The molecule has 0 fully saturated rings. The van der Waals surface area contributed by atoms with Crippen molar-refractivity contribution in [1.82, 2.24) is 0 Å². The maximum Gasteiger partial charge on any atom is 0.330 e. The monoisotopic (exact) mass is 3580 g/mol. The molecular weight excluding hydrogens is 3440 g/mol. The Morgan fingerprint density at radius 2 is 0.416 bits per heavy atom. The van der Waals surface area contributed by atoms with Crippen molar-refractivity contribution in [3.05, 3.63) is 12.7 Å². The van der Waals surface area contributed by atoms with Gasteiger partial charge in [0.05, 0.1) is 15.2 Å². The average molecular weight is 3580 g/mol. The molecule has 748 valence electrons. The Balaban J connectivity index is -0.00000559. The van der Waals surface area contributed by atoms with Crippen molar-refractivity contribution in [3.63, 3.8) is 0 Å². The number of carbonyl (C=O) groups is 3. The van der Waals surface area contributed by atoms with Crippen LogP contribution in [0.2, 0.25) is 0 Å². The Morgan fingerprint density at radius 3 is 0.544 bits per heavy atom. The predicted molar refractivity (Wildman–Crippen MR) is 936 cm³/mol. The molecule has 0 rings (SSSR count). The molecule has 0 aromatic carbocycles. The van der Waals surface area contributed by atoms with Gasteiger partial charge in [-0.25, -0.2) is 4.79 Å². The van der Waals surface area contributed by atoms with E-state index in [-0.39, 0.29) is 23.6 Å². The van der Waals surface area contributed by atoms with E-state index in [0.29, 0.717) is 12.8 Å². The summed E-state index contributed by atoms with van der Waals surface area (Å²) in [5, 5.41) is 8.44. The highest BCUT2D eigenvalue weighted by atomic mass is 33.5. The first kappa shape index (κ1) is 171. The molecule has 0 spiro atoms. The molecule has 0 heterocycles. The van der Waals surface area contributed by atoms with E-state index in [1.54, 1.807) is 13.8 Å². The smallest absolute Gasteiger partial charge is 0.330 e. The van der Waals surface area contributed by atoms with Crippen LogP contribution in [-0.2, 0) is 23.9 Å². The van der Waals surface area contributed by atoms with Gasteiger partial charge in [0.15, 0.2) is 0 Å². The Morgan fingerprint density at radius 1 is 0.264 bits per heavy atom. The molecule has 107 heteroatoms. The highest BCUT2D eigenvalue weighted by Gasteiger charge is 2.77. The normalized spacial score (nSPS) is 14.8. The number of carbonyl (C=O) groups excluding carboxylic acids is 2. The van der Waals surface area contributed by atoms with Gasteiger partial charge in [-0.15, -0.1) is 464 Å². The molecule has 0 bridgehead atoms. The second-order valence-electron chi connectivity index (χ2n) is 22.8. The second-order valence-corrected chi connectivity index (χ2v) is 428. The third-order valence-corrected chi connectivity index (χ3v) is 678. The van der Waals surface area contributed by atoms with Crippen LogP contribution in [0.5, 0.6) is 0 Å². The number of ether oxygens (including phenoxy) is 2. The summed E-state index contributed by atoms with van der Waals surface area (Å²) in [7, 11) is 199. The number of esters is 2. The Bertz CT molecular complexity index is 2510. The van der Waals surface area contributed by atoms with E-state index in [9.17, 15) is 14.4 Å². The summed E-state index contributed by atoms with van der Waals surface area (Å²) in [5.41, 5.74) is -1.03. The number of carboxylic acids is 1. The average Bonchev–Trinajstić information content (AvgIpc) is 0.671. The topological polar surface area (TPSA) is 89.9 Å². The number of rotatable bonds is 57. The lowest BCUT2D eigenvalue weighted by molar-refractivity contribution is -0.157. The van der Waals surface area contributed by atoms with Crippen molar-refractivity contribution >= 4 is 827 Å². The van der Waals surface area contributed by atoms with E-state index >= 15 is 0 Å². The van der Waals surface area contributed by atoms with Crippen LogP contribution in [0, 0.1) is 10.8 Å². The fourth-order valence-corrected chi connectivity index (χ4v) is 1320. The zero-order valence-corrected chi connectivity index (χ0v) is 172. The fraction of sp³-hybridized carbons (Fsp3) is 0.722. The first-order chi connectivity index (χ1) is 56.8. The van der Waals surface area contributed by atoms with E-state index in [1.165, 1.54) is 0 Å². The van der Waals surface area contributed by atoms with Gasteiger partial charge in [-0.3, -0.25) is 9.59 Å². The molecule has 0 amide bonds. The predicted octanol–water partition coefficient (Wildman–Crippen LogP) is 61.9. The summed E-state index contributed by atoms with van der Waals surface area (Å²) >= 11 is 0. The molecule has 56 atom stereocenters. The zero-order valence-electron chi connectivity index (χ0n) is 67.6. The van der Waals surface area contributed by atoms with Gasteiger partial charge in [0.1, 0.15) is 13.2 Å². The molecule has 0 aliphatic rings. The van der Waals surface area contributed by atoms with Crippen LogP contribution in [0.3, 0.4) is 0 Å². The van der Waals surface area contributed by atoms with Crippen molar-refractivity contribution < 1.29 is 29.0 Å². The molecule has 56 unspecified atom stereocenters. The maximum absolute atomic E-state index is 11.4. The van der Waals surface area contributed by atoms with Gasteiger partial charge < -0.3 is 14.6 Å². The molecule has 0 saturated heterocycles. The Hall–Kier alpha value is 41.6. The van der Waals surface area contributed by atoms with E-state index in [2.05, 4.69) is 476 Å². The lowest BCUT2D eigenvalue weighted by Crippen LogP contribution is -2.27. The minimum absolute atomic E-state index is 0.0659. The Kier molecular flexibility index (Phi) is 126. The van der Waals surface area contributed by atoms with Gasteiger partial charge in [-0.05, 0) is 377 Å². The molecule has 0 aromatic heterocycles. The third-order valence-electron chi connectivity index (χ3n) is 13.1. The number of hydrogen-bond acceptors (Lipinski definition) is 5. The van der Waals surface area contributed by atoms with Crippen molar-refractivity contribution in [3.8, 4) is 0 Å². The maximum atomic E-state index is 11.4. The molecular formula is C18H135O6P101. The molecule has 0 saturated carbocycles. The minimum atomic E-state index is -0.812. The van der Waals surface area contributed by atoms with E-state index < -0.39 is 359 Å². The summed E-state index contributed by atoms with van der Waals surface area (Å²) in [5.74, 6) is -1.51. The molecule has 0 aromatic rings. The number of hydrogen-bond donors (Lipinski definition) is 1. The second kappa shape index (κ2) is 92.2. The fourth-order valence-electron chi connectivity index (χ4n) is 7.69. The van der Waals surface area contributed by atoms with Crippen LogP contribution >= 0.6 is 809 Å². The van der Waals surface area contributed by atoms with Gasteiger partial charge in [0, 0.05) is 6.08 Å². The van der Waals surface area contributed by atoms with Crippen LogP contribution in [0.25, 0.3) is 0 Å². The van der Waals surface area contributed by atoms with E-state index in [1.807, 2.05) is 27.7 Å². The summed E-state index contributed by atoms with van der Waals surface area (Å²) < 4.78 is 9.78. The van der Waals surface area contributed by atoms with Gasteiger partial charge in [0.25, 0.3) is 0 Å². The molecule has 125 heavy (non-hydrogen) atoms. The quantitative estimate of drug-likeness (QED) is 0.0282. The van der Waals surface area contributed by atoms with E-state index in [4.69, 9.17) is 9.84 Å². The van der Waals surface area contributed by atoms with Gasteiger partial charge in [-0.1, -0.05) is 28.4 Å². The summed E-state index contributed by atoms with van der Waals surface area (Å²) in [6.45, 7) is -9.20. The van der Waals surface area contributed by atoms with Crippen LogP contribution < -0.4 is 0 Å². The lowest BCUT2D eigenvalue weighted by atomic mass is 9.91. The van der Waals surface area contributed by atoms with Gasteiger partial charge in [0.2, 0.25) is 0 Å². The van der Waals surface area contributed by atoms with Crippen LogP contribution in [-0.4, -0.2) is 40.6 Å². The zero-order chi connectivity index (χ0) is 99.6. The van der Waals surface area contributed by atoms with E-state index in [0.717, 1.165) is 14.0 Å². The number of carboxylic acid groups (broad SMARTS) is 1. The van der Waals surface area contributed by atoms with Crippen LogP contribution in [0.4, 0.5) is 0 Å². The van der Waals surface area contributed by atoms with Gasteiger partial charge in [-0.2, -0.15) is 0 Å². The SMILES string of the molecule is C=CC(=O)OCCOC(=O)C(C)(C)CC.CCC(C)(C)C(=O)O.PPP(P)P(P(P)P)P(P(P(P(P)P)P(P)P)P(P(P)P)P(P)P)C(P(P(P(P)P)P(P)P)P(P(P)P)P(P)P)(P(P(P(P(P)P)P(P)P)P(P(P)P)P(P)P)P(P(P(P)P)P(P)P)P(P(P)P)P(P)P)P(P(P(P(P)P)P(P)P)P(P(P)P)P(P)P)P(P(P(P)P)P(P)P)P(P(P)P)P(P)P. The van der Waals surface area contributed by atoms with Crippen LogP contribution in [0.1, 0.15) is 54.4 Å². The van der Waals surface area contributed by atoms with Crippen molar-refractivity contribution in [2.75, 3.05) is 13.2 Å². The largest absolute Gasteiger partial charge is 0.481 e. The summed E-state index contributed by atoms with van der Waals surface area (Å²) in [6.07, 6.45) is 2.46. The molecule has 0 aliphatic carbocycles. The van der Waals surface area contributed by atoms with Crippen molar-refractivity contribution in [2.45, 2.75) is 58.8 Å². The molecule has 0 radical (unpaired) electrons. The first-order valence-corrected chi connectivity index (χ1v) is 213. The molecule has 6 nitrogen and oxygen atoms in total. The lowest BCUT2D eigenvalue weighted by Gasteiger charge is -2.72. The summed E-state index contributed by atoms with van der Waals surface area (Å²) in [6, 6.07) is 0. The Labute approximate surface area is 937 Å². The minimum Gasteiger partial charge on any atom is -0.481 e. The van der Waals surface area contributed by atoms with Crippen molar-refractivity contribution in [2.24, 2.45) is 10.8 Å².